The van der Waals surface area contributed by atoms with Crippen LogP contribution in [0.5, 0.6) is 0 Å². The Morgan fingerprint density at radius 3 is 2.47 bits per heavy atom. The van der Waals surface area contributed by atoms with Crippen molar-refractivity contribution in [3.63, 3.8) is 0 Å². The average molecular weight is 283 g/mol. The zero-order valence-electron chi connectivity index (χ0n) is 11.1. The number of benzene rings is 1. The molecule has 1 heterocycles. The lowest BCUT2D eigenvalue weighted by molar-refractivity contribution is -0.138. The van der Waals surface area contributed by atoms with Gasteiger partial charge >= 0.3 is 5.97 Å². The van der Waals surface area contributed by atoms with E-state index in [-0.39, 0.29) is 6.54 Å². The monoisotopic (exact) mass is 282 g/mol. The van der Waals surface area contributed by atoms with Crippen molar-refractivity contribution >= 4 is 17.6 Å². The minimum Gasteiger partial charge on any atom is -0.480 e. The molecule has 0 aliphatic carbocycles. The van der Waals surface area contributed by atoms with Crippen molar-refractivity contribution in [2.24, 2.45) is 0 Å². The van der Waals surface area contributed by atoms with Gasteiger partial charge in [0.2, 0.25) is 0 Å². The summed E-state index contributed by atoms with van der Waals surface area (Å²) in [6.07, 6.45) is 0. The van der Waals surface area contributed by atoms with Gasteiger partial charge in [-0.15, -0.1) is 0 Å². The Bertz CT molecular complexity index is 457. The topological polar surface area (TPSA) is 43.8 Å². The third kappa shape index (κ3) is 4.20. The molecular formula is C14H19ClN2O2. The van der Waals surface area contributed by atoms with Gasteiger partial charge in [-0.25, -0.2) is 0 Å². The number of halogens is 1. The highest BCUT2D eigenvalue weighted by atomic mass is 35.5. The molecule has 0 unspecified atom stereocenters. The fourth-order valence-corrected chi connectivity index (χ4v) is 2.49. The fourth-order valence-electron chi connectivity index (χ4n) is 2.29. The molecule has 5 heteroatoms. The van der Waals surface area contributed by atoms with Gasteiger partial charge in [0.1, 0.15) is 0 Å². The maximum Gasteiger partial charge on any atom is 0.317 e. The summed E-state index contributed by atoms with van der Waals surface area (Å²) in [5.41, 5.74) is 2.30. The molecule has 2 rings (SSSR count). The number of aryl methyl sites for hydroxylation is 1. The number of nitrogens with zero attached hydrogens (tertiary/aromatic N) is 2. The van der Waals surface area contributed by atoms with Crippen LogP contribution in [0.1, 0.15) is 11.1 Å². The molecule has 0 saturated carbocycles. The summed E-state index contributed by atoms with van der Waals surface area (Å²) in [5.74, 6) is -0.751. The summed E-state index contributed by atoms with van der Waals surface area (Å²) in [7, 11) is 0. The Kier molecular flexibility index (Phi) is 4.80. The van der Waals surface area contributed by atoms with Gasteiger partial charge in [-0.3, -0.25) is 14.6 Å². The lowest BCUT2D eigenvalue weighted by Gasteiger charge is -2.33. The Balaban J connectivity index is 1.85. The first kappa shape index (κ1) is 14.3. The number of aliphatic carboxylic acids is 1. The van der Waals surface area contributed by atoms with E-state index in [1.165, 1.54) is 5.56 Å². The third-order valence-corrected chi connectivity index (χ3v) is 3.87. The summed E-state index contributed by atoms with van der Waals surface area (Å²) < 4.78 is 0. The van der Waals surface area contributed by atoms with Gasteiger partial charge < -0.3 is 5.11 Å². The molecule has 19 heavy (non-hydrogen) atoms. The van der Waals surface area contributed by atoms with Gasteiger partial charge in [0.05, 0.1) is 6.54 Å². The average Bonchev–Trinajstić information content (AvgIpc) is 2.36. The van der Waals surface area contributed by atoms with E-state index in [2.05, 4.69) is 11.0 Å². The third-order valence-electron chi connectivity index (χ3n) is 3.47. The lowest BCUT2D eigenvalue weighted by Crippen LogP contribution is -2.47. The SMILES string of the molecule is Cc1ccc(CN2CCN(CC(=O)O)CC2)cc1Cl. The van der Waals surface area contributed by atoms with Crippen molar-refractivity contribution < 1.29 is 9.90 Å². The van der Waals surface area contributed by atoms with Gasteiger partial charge in [-0.1, -0.05) is 23.7 Å². The number of rotatable bonds is 4. The zero-order chi connectivity index (χ0) is 13.8. The van der Waals surface area contributed by atoms with Gasteiger partial charge in [0.15, 0.2) is 0 Å². The smallest absolute Gasteiger partial charge is 0.317 e. The Morgan fingerprint density at radius 2 is 1.89 bits per heavy atom. The number of piperazine rings is 1. The predicted octanol–water partition coefficient (Wildman–Crippen LogP) is 1.85. The first-order chi connectivity index (χ1) is 9.04. The number of hydrogen-bond acceptors (Lipinski definition) is 3. The van der Waals surface area contributed by atoms with Crippen LogP contribution in [0.15, 0.2) is 18.2 Å². The van der Waals surface area contributed by atoms with E-state index in [9.17, 15) is 4.79 Å². The number of carbonyl (C=O) groups is 1. The fraction of sp³-hybridized carbons (Fsp3) is 0.500. The normalized spacial score (nSPS) is 17.6. The largest absolute Gasteiger partial charge is 0.480 e. The van der Waals surface area contributed by atoms with E-state index < -0.39 is 5.97 Å². The summed E-state index contributed by atoms with van der Waals surface area (Å²) in [5, 5.41) is 9.56. The Labute approximate surface area is 118 Å². The lowest BCUT2D eigenvalue weighted by atomic mass is 10.1. The molecule has 0 bridgehead atoms. The van der Waals surface area contributed by atoms with Crippen molar-refractivity contribution in [3.8, 4) is 0 Å². The van der Waals surface area contributed by atoms with Crippen molar-refractivity contribution in [2.45, 2.75) is 13.5 Å². The molecule has 0 radical (unpaired) electrons. The molecule has 1 fully saturated rings. The molecular weight excluding hydrogens is 264 g/mol. The molecule has 1 aromatic rings. The van der Waals surface area contributed by atoms with Gasteiger partial charge in [-0.2, -0.15) is 0 Å². The molecule has 104 valence electrons. The quantitative estimate of drug-likeness (QED) is 0.915. The molecule has 0 atom stereocenters. The van der Waals surface area contributed by atoms with Crippen LogP contribution < -0.4 is 0 Å². The summed E-state index contributed by atoms with van der Waals surface area (Å²) in [6, 6.07) is 6.16. The summed E-state index contributed by atoms with van der Waals surface area (Å²) in [6.45, 7) is 6.44. The van der Waals surface area contributed by atoms with Crippen LogP contribution >= 0.6 is 11.6 Å². The van der Waals surface area contributed by atoms with Crippen LogP contribution in [0.3, 0.4) is 0 Å². The first-order valence-electron chi connectivity index (χ1n) is 6.46. The first-order valence-corrected chi connectivity index (χ1v) is 6.84. The minimum absolute atomic E-state index is 0.143. The van der Waals surface area contributed by atoms with Crippen LogP contribution in [0.4, 0.5) is 0 Å². The van der Waals surface area contributed by atoms with Crippen LogP contribution in [0.25, 0.3) is 0 Å². The van der Waals surface area contributed by atoms with E-state index in [1.807, 2.05) is 24.0 Å². The molecule has 0 amide bonds. The Hall–Kier alpha value is -1.10. The molecule has 4 nitrogen and oxygen atoms in total. The highest BCUT2D eigenvalue weighted by Crippen LogP contribution is 2.18. The predicted molar refractivity (Wildman–Crippen MR) is 75.5 cm³/mol. The van der Waals surface area contributed by atoms with E-state index in [1.54, 1.807) is 0 Å². The van der Waals surface area contributed by atoms with E-state index in [4.69, 9.17) is 16.7 Å². The second-order valence-electron chi connectivity index (χ2n) is 5.03. The molecule has 1 aromatic carbocycles. The molecule has 1 aliphatic rings. The van der Waals surface area contributed by atoms with Crippen molar-refractivity contribution in [2.75, 3.05) is 32.7 Å². The molecule has 1 saturated heterocycles. The highest BCUT2D eigenvalue weighted by Gasteiger charge is 2.18. The molecule has 0 aromatic heterocycles. The Morgan fingerprint density at radius 1 is 1.26 bits per heavy atom. The molecule has 1 aliphatic heterocycles. The zero-order valence-corrected chi connectivity index (χ0v) is 11.9. The summed E-state index contributed by atoms with van der Waals surface area (Å²) >= 11 is 6.12. The maximum absolute atomic E-state index is 10.6. The van der Waals surface area contributed by atoms with Crippen molar-refractivity contribution in [1.29, 1.82) is 0 Å². The van der Waals surface area contributed by atoms with Crippen LogP contribution in [-0.2, 0) is 11.3 Å². The number of carboxylic acids is 1. The molecule has 1 N–H and O–H groups in total. The minimum atomic E-state index is -0.751. The standard InChI is InChI=1S/C14H19ClN2O2/c1-11-2-3-12(8-13(11)15)9-16-4-6-17(7-5-16)10-14(18)19/h2-3,8H,4-7,9-10H2,1H3,(H,18,19). The van der Waals surface area contributed by atoms with Gasteiger partial charge in [0.25, 0.3) is 0 Å². The second-order valence-corrected chi connectivity index (χ2v) is 5.44. The van der Waals surface area contributed by atoms with Crippen LogP contribution in [0, 0.1) is 6.92 Å². The van der Waals surface area contributed by atoms with Crippen molar-refractivity contribution in [1.82, 2.24) is 9.80 Å². The molecule has 0 spiro atoms. The summed E-state index contributed by atoms with van der Waals surface area (Å²) in [4.78, 5) is 14.9. The van der Waals surface area contributed by atoms with Crippen LogP contribution in [0.2, 0.25) is 5.02 Å². The van der Waals surface area contributed by atoms with E-state index in [0.29, 0.717) is 0 Å². The van der Waals surface area contributed by atoms with Crippen LogP contribution in [-0.4, -0.2) is 53.6 Å². The second kappa shape index (κ2) is 6.37. The number of carboxylic acid groups (broad SMARTS) is 1. The van der Waals surface area contributed by atoms with Gasteiger partial charge in [0, 0.05) is 37.7 Å². The number of hydrogen-bond donors (Lipinski definition) is 1. The maximum atomic E-state index is 10.6. The van der Waals surface area contributed by atoms with Gasteiger partial charge in [-0.05, 0) is 24.1 Å². The van der Waals surface area contributed by atoms with E-state index in [0.717, 1.165) is 43.3 Å². The van der Waals surface area contributed by atoms with E-state index >= 15 is 0 Å². The highest BCUT2D eigenvalue weighted by molar-refractivity contribution is 6.31. The van der Waals surface area contributed by atoms with Crippen molar-refractivity contribution in [3.05, 3.63) is 34.3 Å².